The van der Waals surface area contributed by atoms with E-state index in [4.69, 9.17) is 0 Å². The van der Waals surface area contributed by atoms with Gasteiger partial charge in [-0.1, -0.05) is 26.0 Å². The van der Waals surface area contributed by atoms with Crippen molar-refractivity contribution in [2.45, 2.75) is 26.8 Å². The summed E-state index contributed by atoms with van der Waals surface area (Å²) in [6.45, 7) is 5.44. The average molecular weight is 315 g/mol. The molecule has 122 valence electrons. The number of nitrogens with zero attached hydrogens (tertiary/aromatic N) is 1. The molecule has 0 saturated heterocycles. The van der Waals surface area contributed by atoms with Gasteiger partial charge >= 0.3 is 0 Å². The fourth-order valence-electron chi connectivity index (χ4n) is 2.04. The van der Waals surface area contributed by atoms with Crippen molar-refractivity contribution in [3.05, 3.63) is 59.7 Å². The number of anilines is 1. The lowest BCUT2D eigenvalue weighted by Gasteiger charge is -2.09. The van der Waals surface area contributed by atoms with Crippen LogP contribution in [0.4, 0.5) is 10.1 Å². The van der Waals surface area contributed by atoms with Crippen molar-refractivity contribution in [1.29, 1.82) is 0 Å². The molecular weight excluding hydrogens is 293 g/mol. The maximum absolute atomic E-state index is 12.9. The Labute approximate surface area is 136 Å². The van der Waals surface area contributed by atoms with E-state index in [0.29, 0.717) is 24.6 Å². The smallest absolute Gasteiger partial charge is 0.252 e. The summed E-state index contributed by atoms with van der Waals surface area (Å²) in [4.78, 5) is 16.2. The molecule has 1 heterocycles. The van der Waals surface area contributed by atoms with Crippen molar-refractivity contribution in [1.82, 2.24) is 10.3 Å². The molecule has 1 aromatic heterocycles. The molecule has 0 radical (unpaired) electrons. The number of rotatable bonds is 7. The lowest BCUT2D eigenvalue weighted by atomic mass is 10.1. The summed E-state index contributed by atoms with van der Waals surface area (Å²) in [6.07, 6.45) is 4.16. The first-order chi connectivity index (χ1) is 11.0. The number of carbonyl (C=O) groups is 1. The summed E-state index contributed by atoms with van der Waals surface area (Å²) < 4.78 is 12.9. The Morgan fingerprint density at radius 3 is 2.65 bits per heavy atom. The number of aromatic nitrogens is 1. The highest BCUT2D eigenvalue weighted by atomic mass is 19.1. The molecule has 0 aliphatic heterocycles. The van der Waals surface area contributed by atoms with Crippen molar-refractivity contribution in [3.63, 3.8) is 0 Å². The Hall–Kier alpha value is -2.43. The minimum atomic E-state index is -0.254. The molecule has 1 amide bonds. The van der Waals surface area contributed by atoms with Crippen molar-refractivity contribution in [3.8, 4) is 0 Å². The van der Waals surface area contributed by atoms with E-state index in [1.165, 1.54) is 12.1 Å². The molecular formula is C18H22FN3O. The standard InChI is InChI=1S/C18H22FN3O/c1-13(2)7-8-21-18(23)15-9-17(12-20-11-15)22-10-14-3-5-16(19)6-4-14/h3-6,9,11-13,22H,7-8,10H2,1-2H3,(H,21,23). The quantitative estimate of drug-likeness (QED) is 0.820. The molecule has 5 heteroatoms. The summed E-state index contributed by atoms with van der Waals surface area (Å²) in [6, 6.07) is 8.05. The van der Waals surface area contributed by atoms with E-state index in [0.717, 1.165) is 17.7 Å². The van der Waals surface area contributed by atoms with Gasteiger partial charge in [-0.3, -0.25) is 9.78 Å². The van der Waals surface area contributed by atoms with Gasteiger partial charge in [-0.2, -0.15) is 0 Å². The molecule has 0 saturated carbocycles. The van der Waals surface area contributed by atoms with E-state index in [1.807, 2.05) is 0 Å². The van der Waals surface area contributed by atoms with Crippen LogP contribution in [0.2, 0.25) is 0 Å². The van der Waals surface area contributed by atoms with Crippen molar-refractivity contribution in [2.24, 2.45) is 5.92 Å². The molecule has 0 atom stereocenters. The molecule has 2 rings (SSSR count). The van der Waals surface area contributed by atoms with Crippen molar-refractivity contribution < 1.29 is 9.18 Å². The van der Waals surface area contributed by atoms with Crippen LogP contribution in [-0.2, 0) is 6.54 Å². The van der Waals surface area contributed by atoms with E-state index in [9.17, 15) is 9.18 Å². The highest BCUT2D eigenvalue weighted by Crippen LogP contribution is 2.11. The van der Waals surface area contributed by atoms with E-state index >= 15 is 0 Å². The van der Waals surface area contributed by atoms with Gasteiger partial charge in [-0.05, 0) is 36.1 Å². The molecule has 2 aromatic rings. The summed E-state index contributed by atoms with van der Waals surface area (Å²) in [5.41, 5.74) is 2.24. The number of nitrogens with one attached hydrogen (secondary N) is 2. The summed E-state index contributed by atoms with van der Waals surface area (Å²) in [7, 11) is 0. The highest BCUT2D eigenvalue weighted by molar-refractivity contribution is 5.94. The fourth-order valence-corrected chi connectivity index (χ4v) is 2.04. The molecule has 4 nitrogen and oxygen atoms in total. The minimum absolute atomic E-state index is 0.122. The molecule has 0 aliphatic rings. The number of amides is 1. The second-order valence-corrected chi connectivity index (χ2v) is 5.88. The first-order valence-corrected chi connectivity index (χ1v) is 7.76. The van der Waals surface area contributed by atoms with Crippen LogP contribution in [-0.4, -0.2) is 17.4 Å². The van der Waals surface area contributed by atoms with E-state index < -0.39 is 0 Å². The maximum Gasteiger partial charge on any atom is 0.252 e. The highest BCUT2D eigenvalue weighted by Gasteiger charge is 2.07. The number of hydrogen-bond donors (Lipinski definition) is 2. The van der Waals surface area contributed by atoms with Gasteiger partial charge in [0.15, 0.2) is 0 Å². The van der Waals surface area contributed by atoms with Crippen LogP contribution in [0, 0.1) is 11.7 Å². The van der Waals surface area contributed by atoms with Crippen LogP contribution in [0.5, 0.6) is 0 Å². The molecule has 0 aliphatic carbocycles. The minimum Gasteiger partial charge on any atom is -0.380 e. The number of halogens is 1. The topological polar surface area (TPSA) is 54.0 Å². The molecule has 0 spiro atoms. The van der Waals surface area contributed by atoms with Gasteiger partial charge in [0, 0.05) is 25.5 Å². The van der Waals surface area contributed by atoms with Gasteiger partial charge in [0.2, 0.25) is 0 Å². The lowest BCUT2D eigenvalue weighted by Crippen LogP contribution is -2.25. The maximum atomic E-state index is 12.9. The molecule has 23 heavy (non-hydrogen) atoms. The second kappa shape index (κ2) is 8.27. The van der Waals surface area contributed by atoms with Gasteiger partial charge < -0.3 is 10.6 Å². The third-order valence-corrected chi connectivity index (χ3v) is 3.42. The van der Waals surface area contributed by atoms with Gasteiger partial charge in [-0.25, -0.2) is 4.39 Å². The third-order valence-electron chi connectivity index (χ3n) is 3.42. The number of carbonyl (C=O) groups excluding carboxylic acids is 1. The number of hydrogen-bond acceptors (Lipinski definition) is 3. The van der Waals surface area contributed by atoms with Crippen LogP contribution >= 0.6 is 0 Å². The molecule has 0 bridgehead atoms. The third kappa shape index (κ3) is 5.70. The van der Waals surface area contributed by atoms with Crippen LogP contribution < -0.4 is 10.6 Å². The lowest BCUT2D eigenvalue weighted by molar-refractivity contribution is 0.0951. The summed E-state index contributed by atoms with van der Waals surface area (Å²) in [5, 5.41) is 6.07. The largest absolute Gasteiger partial charge is 0.380 e. The Morgan fingerprint density at radius 1 is 1.22 bits per heavy atom. The predicted molar refractivity (Wildman–Crippen MR) is 89.8 cm³/mol. The van der Waals surface area contributed by atoms with E-state index in [-0.39, 0.29) is 11.7 Å². The van der Waals surface area contributed by atoms with Crippen molar-refractivity contribution >= 4 is 11.6 Å². The summed E-state index contributed by atoms with van der Waals surface area (Å²) >= 11 is 0. The Kier molecular flexibility index (Phi) is 6.09. The molecule has 0 unspecified atom stereocenters. The first kappa shape index (κ1) is 16.9. The van der Waals surface area contributed by atoms with Gasteiger partial charge in [-0.15, -0.1) is 0 Å². The predicted octanol–water partition coefficient (Wildman–Crippen LogP) is 3.61. The number of benzene rings is 1. The van der Waals surface area contributed by atoms with Gasteiger partial charge in [0.05, 0.1) is 11.3 Å². The zero-order chi connectivity index (χ0) is 16.7. The zero-order valence-electron chi connectivity index (χ0n) is 13.5. The van der Waals surface area contributed by atoms with Gasteiger partial charge in [0.25, 0.3) is 5.91 Å². The monoisotopic (exact) mass is 315 g/mol. The Balaban J connectivity index is 1.91. The zero-order valence-corrected chi connectivity index (χ0v) is 13.5. The fraction of sp³-hybridized carbons (Fsp3) is 0.333. The van der Waals surface area contributed by atoms with E-state index in [1.54, 1.807) is 30.6 Å². The molecule has 0 fully saturated rings. The summed E-state index contributed by atoms with van der Waals surface area (Å²) in [5.74, 6) is 0.177. The number of pyridine rings is 1. The van der Waals surface area contributed by atoms with E-state index in [2.05, 4.69) is 29.5 Å². The van der Waals surface area contributed by atoms with Gasteiger partial charge in [0.1, 0.15) is 5.82 Å². The second-order valence-electron chi connectivity index (χ2n) is 5.88. The molecule has 1 aromatic carbocycles. The van der Waals surface area contributed by atoms with Crippen LogP contribution in [0.3, 0.4) is 0 Å². The Morgan fingerprint density at radius 2 is 1.96 bits per heavy atom. The average Bonchev–Trinajstić information content (AvgIpc) is 2.54. The normalized spacial score (nSPS) is 10.6. The molecule has 2 N–H and O–H groups in total. The SMILES string of the molecule is CC(C)CCNC(=O)c1cncc(NCc2ccc(F)cc2)c1. The Bertz CT molecular complexity index is 641. The van der Waals surface area contributed by atoms with Crippen LogP contribution in [0.1, 0.15) is 36.2 Å². The first-order valence-electron chi connectivity index (χ1n) is 7.76. The van der Waals surface area contributed by atoms with Crippen LogP contribution in [0.15, 0.2) is 42.7 Å². The van der Waals surface area contributed by atoms with Crippen LogP contribution in [0.25, 0.3) is 0 Å². The van der Waals surface area contributed by atoms with Crippen molar-refractivity contribution in [2.75, 3.05) is 11.9 Å².